The zero-order valence-electron chi connectivity index (χ0n) is 14.3. The molecular weight excluding hydrogens is 355 g/mol. The van der Waals surface area contributed by atoms with Gasteiger partial charge in [0.1, 0.15) is 5.82 Å². The van der Waals surface area contributed by atoms with Crippen molar-refractivity contribution in [2.24, 2.45) is 5.10 Å². The van der Waals surface area contributed by atoms with Crippen LogP contribution in [-0.2, 0) is 0 Å². The van der Waals surface area contributed by atoms with Gasteiger partial charge in [0.15, 0.2) is 17.3 Å². The number of aromatic amines is 1. The lowest BCUT2D eigenvalue weighted by molar-refractivity contribution is 0.311. The molecule has 0 unspecified atom stereocenters. The number of rotatable bonds is 6. The van der Waals surface area contributed by atoms with Crippen LogP contribution in [0.1, 0.15) is 12.5 Å². The molecule has 0 aliphatic carbocycles. The van der Waals surface area contributed by atoms with Gasteiger partial charge in [-0.3, -0.25) is 0 Å². The third-order valence-corrected chi connectivity index (χ3v) is 3.84. The lowest BCUT2D eigenvalue weighted by Gasteiger charge is -2.09. The first-order valence-electron chi connectivity index (χ1n) is 7.91. The molecule has 0 bridgehead atoms. The highest BCUT2D eigenvalue weighted by atomic mass is 32.1. The second-order valence-corrected chi connectivity index (χ2v) is 5.62. The molecule has 1 heterocycles. The molecule has 1 N–H and O–H groups in total. The highest BCUT2D eigenvalue weighted by Crippen LogP contribution is 2.27. The fourth-order valence-corrected chi connectivity index (χ4v) is 2.56. The van der Waals surface area contributed by atoms with E-state index < -0.39 is 5.82 Å². The Bertz CT molecular complexity index is 997. The van der Waals surface area contributed by atoms with E-state index in [-0.39, 0.29) is 4.77 Å². The van der Waals surface area contributed by atoms with Gasteiger partial charge in [0.2, 0.25) is 4.77 Å². The number of H-pyrrole nitrogens is 1. The molecule has 0 spiro atoms. The number of nitrogens with one attached hydrogen (secondary N) is 1. The quantitative estimate of drug-likeness (QED) is 0.524. The maximum Gasteiger partial charge on any atom is 0.216 e. The van der Waals surface area contributed by atoms with E-state index in [1.54, 1.807) is 43.7 Å². The molecule has 0 fully saturated rings. The van der Waals surface area contributed by atoms with Gasteiger partial charge < -0.3 is 9.47 Å². The van der Waals surface area contributed by atoms with Gasteiger partial charge in [0.05, 0.1) is 25.5 Å². The van der Waals surface area contributed by atoms with Crippen LogP contribution in [0.2, 0.25) is 0 Å². The molecule has 26 heavy (non-hydrogen) atoms. The maximum absolute atomic E-state index is 14.1. The Morgan fingerprint density at radius 1 is 1.27 bits per heavy atom. The van der Waals surface area contributed by atoms with Crippen molar-refractivity contribution in [3.63, 3.8) is 0 Å². The molecule has 3 aromatic rings. The van der Waals surface area contributed by atoms with Crippen molar-refractivity contribution < 1.29 is 13.9 Å². The van der Waals surface area contributed by atoms with Crippen LogP contribution in [0.15, 0.2) is 47.6 Å². The Morgan fingerprint density at radius 3 is 2.81 bits per heavy atom. The summed E-state index contributed by atoms with van der Waals surface area (Å²) in [4.78, 5) is 0. The summed E-state index contributed by atoms with van der Waals surface area (Å²) in [6.45, 7) is 2.41. The first-order chi connectivity index (χ1) is 12.6. The molecule has 0 radical (unpaired) electrons. The molecule has 0 atom stereocenters. The highest BCUT2D eigenvalue weighted by molar-refractivity contribution is 7.71. The van der Waals surface area contributed by atoms with Crippen LogP contribution in [0.3, 0.4) is 0 Å². The number of methoxy groups -OCH3 is 1. The summed E-state index contributed by atoms with van der Waals surface area (Å²) in [5.41, 5.74) is 1.08. The first-order valence-corrected chi connectivity index (χ1v) is 8.32. The fourth-order valence-electron chi connectivity index (χ4n) is 2.38. The van der Waals surface area contributed by atoms with Gasteiger partial charge in [-0.15, -0.1) is 0 Å². The van der Waals surface area contributed by atoms with Gasteiger partial charge in [-0.2, -0.15) is 14.9 Å². The Labute approximate surface area is 154 Å². The molecular formula is C18H17FN4O2S. The molecule has 0 amide bonds. The van der Waals surface area contributed by atoms with Crippen LogP contribution >= 0.6 is 12.2 Å². The number of hydrogen-bond acceptors (Lipinski definition) is 5. The summed E-state index contributed by atoms with van der Waals surface area (Å²) in [5, 5.41) is 11.1. The van der Waals surface area contributed by atoms with Crippen molar-refractivity contribution in [3.8, 4) is 22.9 Å². The summed E-state index contributed by atoms with van der Waals surface area (Å²) in [6.07, 6.45) is 1.59. The average molecular weight is 372 g/mol. The van der Waals surface area contributed by atoms with E-state index in [0.717, 1.165) is 5.56 Å². The van der Waals surface area contributed by atoms with E-state index in [4.69, 9.17) is 21.7 Å². The topological polar surface area (TPSA) is 64.4 Å². The van der Waals surface area contributed by atoms with E-state index in [9.17, 15) is 4.39 Å². The van der Waals surface area contributed by atoms with Gasteiger partial charge >= 0.3 is 0 Å². The van der Waals surface area contributed by atoms with E-state index in [1.807, 2.05) is 13.0 Å². The second kappa shape index (κ2) is 7.92. The molecule has 3 rings (SSSR count). The number of halogens is 1. The Morgan fingerprint density at radius 2 is 2.08 bits per heavy atom. The predicted octanol–water partition coefficient (Wildman–Crippen LogP) is 4.04. The van der Waals surface area contributed by atoms with Crippen LogP contribution in [0.25, 0.3) is 11.4 Å². The van der Waals surface area contributed by atoms with Crippen LogP contribution in [0, 0.1) is 10.6 Å². The number of aromatic nitrogens is 3. The molecule has 134 valence electrons. The SMILES string of the molecule is CCOc1cc(/C=N\n2c(-c3ccccc3F)n[nH]c2=S)ccc1OC. The van der Waals surface area contributed by atoms with E-state index in [2.05, 4.69) is 15.3 Å². The van der Waals surface area contributed by atoms with Crippen molar-refractivity contribution in [3.05, 3.63) is 58.6 Å². The average Bonchev–Trinajstić information content (AvgIpc) is 3.01. The standard InChI is InChI=1S/C18H17FN4O2S/c1-3-25-16-10-12(8-9-15(16)24-2)11-20-23-17(21-22-18(23)26)13-6-4-5-7-14(13)19/h4-11H,3H2,1-2H3,(H,22,26)/b20-11-. The second-order valence-electron chi connectivity index (χ2n) is 5.23. The van der Waals surface area contributed by atoms with Crippen molar-refractivity contribution in [2.75, 3.05) is 13.7 Å². The first kappa shape index (κ1) is 17.8. The Balaban J connectivity index is 1.97. The molecule has 0 aliphatic rings. The van der Waals surface area contributed by atoms with E-state index >= 15 is 0 Å². The molecule has 6 nitrogen and oxygen atoms in total. The minimum absolute atomic E-state index is 0.262. The van der Waals surface area contributed by atoms with E-state index in [1.165, 1.54) is 10.7 Å². The highest BCUT2D eigenvalue weighted by Gasteiger charge is 2.12. The summed E-state index contributed by atoms with van der Waals surface area (Å²) in [7, 11) is 1.58. The van der Waals surface area contributed by atoms with Gasteiger partial charge in [-0.25, -0.2) is 9.49 Å². The van der Waals surface area contributed by atoms with Gasteiger partial charge in [0.25, 0.3) is 0 Å². The van der Waals surface area contributed by atoms with Crippen molar-refractivity contribution in [2.45, 2.75) is 6.92 Å². The summed E-state index contributed by atoms with van der Waals surface area (Å²) < 4.78 is 26.5. The predicted molar refractivity (Wildman–Crippen MR) is 100.0 cm³/mol. The third-order valence-electron chi connectivity index (χ3n) is 3.57. The van der Waals surface area contributed by atoms with Crippen molar-refractivity contribution in [1.29, 1.82) is 0 Å². The number of ether oxygens (including phenoxy) is 2. The smallest absolute Gasteiger partial charge is 0.216 e. The Hall–Kier alpha value is -3.00. The lowest BCUT2D eigenvalue weighted by Crippen LogP contribution is -1.98. The number of nitrogens with zero attached hydrogens (tertiary/aromatic N) is 3. The van der Waals surface area contributed by atoms with Crippen LogP contribution < -0.4 is 9.47 Å². The van der Waals surface area contributed by atoms with Gasteiger partial charge in [-0.1, -0.05) is 12.1 Å². The number of hydrogen-bond donors (Lipinski definition) is 1. The lowest BCUT2D eigenvalue weighted by atomic mass is 10.2. The zero-order valence-corrected chi connectivity index (χ0v) is 15.1. The number of benzene rings is 2. The zero-order chi connectivity index (χ0) is 18.5. The summed E-state index contributed by atoms with van der Waals surface area (Å²) in [5.74, 6) is 1.14. The molecule has 2 aromatic carbocycles. The monoisotopic (exact) mass is 372 g/mol. The normalized spacial score (nSPS) is 11.0. The molecule has 0 saturated carbocycles. The third kappa shape index (κ3) is 3.65. The fraction of sp³-hybridized carbons (Fsp3) is 0.167. The van der Waals surface area contributed by atoms with Gasteiger partial charge in [0, 0.05) is 0 Å². The Kier molecular flexibility index (Phi) is 5.43. The largest absolute Gasteiger partial charge is 0.493 e. The molecule has 1 aromatic heterocycles. The minimum atomic E-state index is -0.402. The van der Waals surface area contributed by atoms with Crippen molar-refractivity contribution >= 4 is 18.4 Å². The minimum Gasteiger partial charge on any atom is -0.493 e. The molecule has 0 saturated heterocycles. The van der Waals surface area contributed by atoms with E-state index in [0.29, 0.717) is 29.5 Å². The maximum atomic E-state index is 14.1. The summed E-state index contributed by atoms with van der Waals surface area (Å²) >= 11 is 5.20. The van der Waals surface area contributed by atoms with Crippen LogP contribution in [0.5, 0.6) is 11.5 Å². The summed E-state index contributed by atoms with van der Waals surface area (Å²) in [6, 6.07) is 11.7. The van der Waals surface area contributed by atoms with Crippen molar-refractivity contribution in [1.82, 2.24) is 14.9 Å². The molecule has 0 aliphatic heterocycles. The van der Waals surface area contributed by atoms with Crippen LogP contribution in [-0.4, -0.2) is 34.8 Å². The molecule has 8 heteroatoms. The van der Waals surface area contributed by atoms with Gasteiger partial charge in [-0.05, 0) is 55.0 Å². The van der Waals surface area contributed by atoms with Crippen LogP contribution in [0.4, 0.5) is 4.39 Å².